The third-order valence-corrected chi connectivity index (χ3v) is 4.75. The van der Waals surface area contributed by atoms with Gasteiger partial charge < -0.3 is 20.8 Å². The van der Waals surface area contributed by atoms with Gasteiger partial charge in [-0.05, 0) is 31.7 Å². The van der Waals surface area contributed by atoms with Gasteiger partial charge in [0.15, 0.2) is 0 Å². The van der Waals surface area contributed by atoms with Crippen LogP contribution in [-0.4, -0.2) is 66.1 Å². The number of nitrogens with zero attached hydrogens (tertiary/aromatic N) is 1. The first-order valence-electron chi connectivity index (χ1n) is 8.23. The lowest BCUT2D eigenvalue weighted by atomic mass is 9.96. The molecule has 1 saturated carbocycles. The van der Waals surface area contributed by atoms with Crippen molar-refractivity contribution in [2.75, 3.05) is 32.8 Å². The van der Waals surface area contributed by atoms with Crippen molar-refractivity contribution in [1.29, 1.82) is 0 Å². The van der Waals surface area contributed by atoms with Gasteiger partial charge in [-0.25, -0.2) is 4.79 Å². The van der Waals surface area contributed by atoms with Crippen LogP contribution in [0.2, 0.25) is 0 Å². The maximum atomic E-state index is 11.9. The number of carbonyl (C=O) groups excluding carboxylic acids is 1. The summed E-state index contributed by atoms with van der Waals surface area (Å²) in [5.74, 6) is 0.405. The average molecular weight is 299 g/mol. The molecule has 1 heterocycles. The smallest absolute Gasteiger partial charge is 0.315 e. The lowest BCUT2D eigenvalue weighted by Gasteiger charge is -2.25. The van der Waals surface area contributed by atoms with Crippen LogP contribution in [0.15, 0.2) is 0 Å². The Bertz CT molecular complexity index is 317. The molecule has 0 bridgehead atoms. The predicted molar refractivity (Wildman–Crippen MR) is 81.0 cm³/mol. The van der Waals surface area contributed by atoms with E-state index in [2.05, 4.69) is 15.5 Å². The number of amides is 2. The number of rotatable bonds is 6. The van der Waals surface area contributed by atoms with E-state index >= 15 is 0 Å². The minimum atomic E-state index is -0.161. The first-order chi connectivity index (χ1) is 10.2. The monoisotopic (exact) mass is 299 g/mol. The quantitative estimate of drug-likeness (QED) is 0.568. The van der Waals surface area contributed by atoms with Gasteiger partial charge in [-0.15, -0.1) is 0 Å². The van der Waals surface area contributed by atoms with Gasteiger partial charge in [0, 0.05) is 19.1 Å². The first-order valence-corrected chi connectivity index (χ1v) is 8.23. The SMILES string of the molecule is O=C(NCC1CCN(C(CO)CO)C1)NC1CCCCC1. The topological polar surface area (TPSA) is 84.8 Å². The summed E-state index contributed by atoms with van der Waals surface area (Å²) in [4.78, 5) is 14.0. The van der Waals surface area contributed by atoms with E-state index in [-0.39, 0.29) is 25.3 Å². The normalized spacial score (nSPS) is 24.4. The van der Waals surface area contributed by atoms with Crippen molar-refractivity contribution in [2.45, 2.75) is 50.6 Å². The fraction of sp³-hybridized carbons (Fsp3) is 0.933. The lowest BCUT2D eigenvalue weighted by molar-refractivity contribution is 0.0880. The van der Waals surface area contributed by atoms with E-state index in [4.69, 9.17) is 0 Å². The molecule has 122 valence electrons. The molecule has 6 heteroatoms. The van der Waals surface area contributed by atoms with E-state index in [1.807, 2.05) is 0 Å². The predicted octanol–water partition coefficient (Wildman–Crippen LogP) is 0.293. The highest BCUT2D eigenvalue weighted by Gasteiger charge is 2.27. The Morgan fingerprint density at radius 3 is 2.52 bits per heavy atom. The number of aliphatic hydroxyl groups is 2. The molecule has 2 fully saturated rings. The second-order valence-electron chi connectivity index (χ2n) is 6.36. The van der Waals surface area contributed by atoms with Gasteiger partial charge in [-0.1, -0.05) is 19.3 Å². The molecule has 1 atom stereocenters. The van der Waals surface area contributed by atoms with Gasteiger partial charge in [0.25, 0.3) is 0 Å². The van der Waals surface area contributed by atoms with Crippen LogP contribution < -0.4 is 10.6 Å². The highest BCUT2D eigenvalue weighted by atomic mass is 16.3. The Labute approximate surface area is 126 Å². The van der Waals surface area contributed by atoms with Crippen molar-refractivity contribution in [3.8, 4) is 0 Å². The average Bonchev–Trinajstić information content (AvgIpc) is 2.96. The van der Waals surface area contributed by atoms with Gasteiger partial charge in [-0.2, -0.15) is 0 Å². The van der Waals surface area contributed by atoms with Crippen molar-refractivity contribution in [3.05, 3.63) is 0 Å². The second kappa shape index (κ2) is 8.56. The molecule has 4 N–H and O–H groups in total. The largest absolute Gasteiger partial charge is 0.395 e. The van der Waals surface area contributed by atoms with E-state index in [0.29, 0.717) is 18.5 Å². The zero-order chi connectivity index (χ0) is 15.1. The van der Waals surface area contributed by atoms with Crippen LogP contribution in [0.1, 0.15) is 38.5 Å². The number of hydrogen-bond donors (Lipinski definition) is 4. The van der Waals surface area contributed by atoms with Crippen molar-refractivity contribution in [2.24, 2.45) is 5.92 Å². The summed E-state index contributed by atoms with van der Waals surface area (Å²) in [5.41, 5.74) is 0. The number of hydrogen-bond acceptors (Lipinski definition) is 4. The standard InChI is InChI=1S/C15H29N3O3/c19-10-14(11-20)18-7-6-12(9-18)8-16-15(21)17-13-4-2-1-3-5-13/h12-14,19-20H,1-11H2,(H2,16,17,21). The maximum absolute atomic E-state index is 11.9. The summed E-state index contributed by atoms with van der Waals surface area (Å²) < 4.78 is 0. The van der Waals surface area contributed by atoms with Crippen LogP contribution in [0, 0.1) is 5.92 Å². The van der Waals surface area contributed by atoms with Gasteiger partial charge in [0.05, 0.1) is 19.3 Å². The number of aliphatic hydroxyl groups excluding tert-OH is 2. The molecule has 0 spiro atoms. The Kier molecular flexibility index (Phi) is 6.73. The lowest BCUT2D eigenvalue weighted by Crippen LogP contribution is -2.45. The molecule has 1 aliphatic carbocycles. The third-order valence-electron chi connectivity index (χ3n) is 4.75. The number of nitrogens with one attached hydrogen (secondary N) is 2. The highest BCUT2D eigenvalue weighted by molar-refractivity contribution is 5.74. The minimum Gasteiger partial charge on any atom is -0.395 e. The Morgan fingerprint density at radius 2 is 1.86 bits per heavy atom. The van der Waals surface area contributed by atoms with Gasteiger partial charge in [-0.3, -0.25) is 4.90 Å². The summed E-state index contributed by atoms with van der Waals surface area (Å²) >= 11 is 0. The summed E-state index contributed by atoms with van der Waals surface area (Å²) in [6, 6.07) is 0.124. The molecule has 1 saturated heterocycles. The molecule has 21 heavy (non-hydrogen) atoms. The van der Waals surface area contributed by atoms with Crippen molar-refractivity contribution in [1.82, 2.24) is 15.5 Å². The molecule has 0 aromatic carbocycles. The van der Waals surface area contributed by atoms with Gasteiger partial charge in [0.1, 0.15) is 0 Å². The molecule has 1 aliphatic heterocycles. The van der Waals surface area contributed by atoms with Crippen LogP contribution >= 0.6 is 0 Å². The molecule has 1 unspecified atom stereocenters. The van der Waals surface area contributed by atoms with E-state index < -0.39 is 0 Å². The molecule has 2 aliphatic rings. The van der Waals surface area contributed by atoms with E-state index in [1.54, 1.807) is 0 Å². The van der Waals surface area contributed by atoms with E-state index in [0.717, 1.165) is 32.4 Å². The maximum Gasteiger partial charge on any atom is 0.315 e. The summed E-state index contributed by atoms with van der Waals surface area (Å²) in [6.45, 7) is 2.34. The summed E-state index contributed by atoms with van der Waals surface area (Å²) in [5, 5.41) is 24.4. The zero-order valence-electron chi connectivity index (χ0n) is 12.8. The van der Waals surface area contributed by atoms with Crippen molar-refractivity contribution < 1.29 is 15.0 Å². The molecule has 0 radical (unpaired) electrons. The molecule has 0 aromatic rings. The molecular weight excluding hydrogens is 270 g/mol. The van der Waals surface area contributed by atoms with Crippen LogP contribution in [0.3, 0.4) is 0 Å². The van der Waals surface area contributed by atoms with Gasteiger partial charge in [0.2, 0.25) is 0 Å². The number of carbonyl (C=O) groups is 1. The highest BCUT2D eigenvalue weighted by Crippen LogP contribution is 2.18. The van der Waals surface area contributed by atoms with Crippen LogP contribution in [0.25, 0.3) is 0 Å². The van der Waals surface area contributed by atoms with E-state index in [1.165, 1.54) is 19.3 Å². The zero-order valence-corrected chi connectivity index (χ0v) is 12.8. The summed E-state index contributed by atoms with van der Waals surface area (Å²) in [6.07, 6.45) is 6.91. The Morgan fingerprint density at radius 1 is 1.14 bits per heavy atom. The van der Waals surface area contributed by atoms with Crippen molar-refractivity contribution in [3.63, 3.8) is 0 Å². The molecule has 2 amide bonds. The Hall–Kier alpha value is -0.850. The summed E-state index contributed by atoms with van der Waals surface area (Å²) in [7, 11) is 0. The molecular formula is C15H29N3O3. The van der Waals surface area contributed by atoms with Crippen LogP contribution in [-0.2, 0) is 0 Å². The number of likely N-dealkylation sites (tertiary alicyclic amines) is 1. The van der Waals surface area contributed by atoms with Crippen molar-refractivity contribution >= 4 is 6.03 Å². The molecule has 0 aromatic heterocycles. The fourth-order valence-corrected chi connectivity index (χ4v) is 3.37. The fourth-order valence-electron chi connectivity index (χ4n) is 3.37. The first kappa shape index (κ1) is 16.5. The number of urea groups is 1. The molecule has 6 nitrogen and oxygen atoms in total. The van der Waals surface area contributed by atoms with Crippen LogP contribution in [0.5, 0.6) is 0 Å². The van der Waals surface area contributed by atoms with Gasteiger partial charge >= 0.3 is 6.03 Å². The van der Waals surface area contributed by atoms with Crippen LogP contribution in [0.4, 0.5) is 4.79 Å². The minimum absolute atomic E-state index is 0.0151. The third kappa shape index (κ3) is 5.13. The molecule has 2 rings (SSSR count). The second-order valence-corrected chi connectivity index (χ2v) is 6.36. The van der Waals surface area contributed by atoms with E-state index in [9.17, 15) is 15.0 Å². The Balaban J connectivity index is 1.63.